The lowest BCUT2D eigenvalue weighted by atomic mass is 10.2. The van der Waals surface area contributed by atoms with E-state index in [1.54, 1.807) is 31.4 Å². The van der Waals surface area contributed by atoms with Gasteiger partial charge in [0, 0.05) is 13.0 Å². The molecule has 0 atom stereocenters. The van der Waals surface area contributed by atoms with E-state index in [-0.39, 0.29) is 12.5 Å². The molecule has 3 rings (SSSR count). The molecule has 0 radical (unpaired) electrons. The fourth-order valence-electron chi connectivity index (χ4n) is 2.34. The number of halogens is 1. The standard InChI is InChI=1S/C19H18ClN3O4/c1-25-15-8-4-5-9-16(15)26-12-17(24)21-11-10-18-22-23-19(27-18)13-6-2-3-7-14(13)20/h2-9H,10-12H2,1H3,(H,21,24). The molecule has 0 saturated carbocycles. The molecule has 1 aromatic heterocycles. The summed E-state index contributed by atoms with van der Waals surface area (Å²) in [6.45, 7) is 0.230. The number of nitrogens with zero attached hydrogens (tertiary/aromatic N) is 2. The summed E-state index contributed by atoms with van der Waals surface area (Å²) >= 11 is 6.11. The van der Waals surface area contributed by atoms with Gasteiger partial charge in [-0.1, -0.05) is 35.9 Å². The quantitative estimate of drug-likeness (QED) is 0.639. The van der Waals surface area contributed by atoms with Crippen LogP contribution in [0.2, 0.25) is 5.02 Å². The Morgan fingerprint density at radius 3 is 2.63 bits per heavy atom. The monoisotopic (exact) mass is 387 g/mol. The molecule has 2 aromatic carbocycles. The molecule has 1 amide bonds. The predicted octanol–water partition coefficient (Wildman–Crippen LogP) is 3.14. The van der Waals surface area contributed by atoms with Crippen molar-refractivity contribution in [1.29, 1.82) is 0 Å². The van der Waals surface area contributed by atoms with Crippen LogP contribution < -0.4 is 14.8 Å². The first-order valence-electron chi connectivity index (χ1n) is 8.27. The second-order valence-electron chi connectivity index (χ2n) is 5.52. The Morgan fingerprint density at radius 2 is 1.85 bits per heavy atom. The molecule has 1 heterocycles. The lowest BCUT2D eigenvalue weighted by Gasteiger charge is -2.10. The summed E-state index contributed by atoms with van der Waals surface area (Å²) in [5, 5.41) is 11.2. The lowest BCUT2D eigenvalue weighted by molar-refractivity contribution is -0.123. The van der Waals surface area contributed by atoms with Gasteiger partial charge < -0.3 is 19.2 Å². The van der Waals surface area contributed by atoms with Crippen LogP contribution in [0.15, 0.2) is 52.9 Å². The fourth-order valence-corrected chi connectivity index (χ4v) is 2.56. The molecule has 8 heteroatoms. The van der Waals surface area contributed by atoms with Gasteiger partial charge in [-0.2, -0.15) is 0 Å². The Hall–Kier alpha value is -3.06. The van der Waals surface area contributed by atoms with E-state index in [0.717, 1.165) is 0 Å². The largest absolute Gasteiger partial charge is 0.493 e. The van der Waals surface area contributed by atoms with Crippen LogP contribution in [0, 0.1) is 0 Å². The molecule has 0 aliphatic carbocycles. The van der Waals surface area contributed by atoms with Crippen LogP contribution in [-0.4, -0.2) is 36.4 Å². The Bertz CT molecular complexity index is 913. The van der Waals surface area contributed by atoms with Crippen LogP contribution in [-0.2, 0) is 11.2 Å². The number of rotatable bonds is 8. The number of carbonyl (C=O) groups is 1. The highest BCUT2D eigenvalue weighted by atomic mass is 35.5. The number of hydrogen-bond donors (Lipinski definition) is 1. The number of ether oxygens (including phenoxy) is 2. The molecular formula is C19H18ClN3O4. The highest BCUT2D eigenvalue weighted by Gasteiger charge is 2.12. The number of carbonyl (C=O) groups excluding carboxylic acids is 1. The number of para-hydroxylation sites is 2. The van der Waals surface area contributed by atoms with E-state index in [0.29, 0.717) is 46.8 Å². The third-order valence-electron chi connectivity index (χ3n) is 3.66. The number of methoxy groups -OCH3 is 1. The SMILES string of the molecule is COc1ccccc1OCC(=O)NCCc1nnc(-c2ccccc2Cl)o1. The van der Waals surface area contributed by atoms with Crippen LogP contribution in [0.4, 0.5) is 0 Å². The Balaban J connectivity index is 1.46. The van der Waals surface area contributed by atoms with Gasteiger partial charge in [-0.15, -0.1) is 10.2 Å². The Kier molecular flexibility index (Phi) is 6.27. The molecule has 0 aliphatic heterocycles. The summed E-state index contributed by atoms with van der Waals surface area (Å²) in [5.41, 5.74) is 0.673. The topological polar surface area (TPSA) is 86.5 Å². The molecule has 0 unspecified atom stereocenters. The summed E-state index contributed by atoms with van der Waals surface area (Å²) < 4.78 is 16.2. The van der Waals surface area contributed by atoms with Crippen LogP contribution >= 0.6 is 11.6 Å². The van der Waals surface area contributed by atoms with Crippen molar-refractivity contribution in [2.45, 2.75) is 6.42 Å². The molecule has 1 N–H and O–H groups in total. The van der Waals surface area contributed by atoms with Crippen molar-refractivity contribution in [1.82, 2.24) is 15.5 Å². The maximum Gasteiger partial charge on any atom is 0.257 e. The van der Waals surface area contributed by atoms with E-state index in [9.17, 15) is 4.79 Å². The highest BCUT2D eigenvalue weighted by molar-refractivity contribution is 6.33. The Morgan fingerprint density at radius 1 is 1.11 bits per heavy atom. The Labute approximate surface area is 161 Å². The predicted molar refractivity (Wildman–Crippen MR) is 99.9 cm³/mol. The molecule has 140 valence electrons. The highest BCUT2D eigenvalue weighted by Crippen LogP contribution is 2.26. The molecule has 7 nitrogen and oxygen atoms in total. The summed E-state index contributed by atoms with van der Waals surface area (Å²) in [5.74, 6) is 1.59. The van der Waals surface area contributed by atoms with Gasteiger partial charge in [0.25, 0.3) is 5.91 Å². The average molecular weight is 388 g/mol. The number of nitrogens with one attached hydrogen (secondary N) is 1. The first-order valence-corrected chi connectivity index (χ1v) is 8.65. The van der Waals surface area contributed by atoms with Gasteiger partial charge in [0.1, 0.15) is 0 Å². The number of hydrogen-bond acceptors (Lipinski definition) is 6. The average Bonchev–Trinajstić information content (AvgIpc) is 3.15. The van der Waals surface area contributed by atoms with Gasteiger partial charge in [-0.25, -0.2) is 0 Å². The first-order chi connectivity index (χ1) is 13.2. The van der Waals surface area contributed by atoms with Gasteiger partial charge in [0.2, 0.25) is 11.8 Å². The number of benzene rings is 2. The summed E-state index contributed by atoms with van der Waals surface area (Å²) in [6, 6.07) is 14.4. The van der Waals surface area contributed by atoms with Crippen molar-refractivity contribution in [3.05, 3.63) is 59.4 Å². The minimum atomic E-state index is -0.258. The van der Waals surface area contributed by atoms with Gasteiger partial charge in [-0.05, 0) is 24.3 Å². The molecule has 0 bridgehead atoms. The van der Waals surface area contributed by atoms with E-state index < -0.39 is 0 Å². The maximum atomic E-state index is 11.9. The number of amides is 1. The zero-order valence-corrected chi connectivity index (χ0v) is 15.4. The smallest absolute Gasteiger partial charge is 0.257 e. The van der Waals surface area contributed by atoms with Crippen LogP contribution in [0.5, 0.6) is 11.5 Å². The van der Waals surface area contributed by atoms with Crippen molar-refractivity contribution in [3.63, 3.8) is 0 Å². The van der Waals surface area contributed by atoms with Crippen LogP contribution in [0.1, 0.15) is 5.89 Å². The van der Waals surface area contributed by atoms with E-state index in [1.165, 1.54) is 0 Å². The van der Waals surface area contributed by atoms with E-state index in [2.05, 4.69) is 15.5 Å². The molecule has 0 spiro atoms. The molecule has 0 saturated heterocycles. The minimum absolute atomic E-state index is 0.116. The van der Waals surface area contributed by atoms with Gasteiger partial charge in [0.05, 0.1) is 17.7 Å². The van der Waals surface area contributed by atoms with E-state index in [1.807, 2.05) is 24.3 Å². The second-order valence-corrected chi connectivity index (χ2v) is 5.93. The molecule has 3 aromatic rings. The second kappa shape index (κ2) is 9.05. The fraction of sp³-hybridized carbons (Fsp3) is 0.211. The zero-order valence-electron chi connectivity index (χ0n) is 14.6. The molecular weight excluding hydrogens is 370 g/mol. The van der Waals surface area contributed by atoms with Crippen molar-refractivity contribution < 1.29 is 18.7 Å². The van der Waals surface area contributed by atoms with Crippen molar-refractivity contribution >= 4 is 17.5 Å². The minimum Gasteiger partial charge on any atom is -0.493 e. The van der Waals surface area contributed by atoms with Crippen molar-refractivity contribution in [3.8, 4) is 23.0 Å². The van der Waals surface area contributed by atoms with Crippen molar-refractivity contribution in [2.24, 2.45) is 0 Å². The first kappa shape index (κ1) is 18.7. The van der Waals surface area contributed by atoms with Crippen LogP contribution in [0.3, 0.4) is 0 Å². The van der Waals surface area contributed by atoms with Crippen molar-refractivity contribution in [2.75, 3.05) is 20.3 Å². The van der Waals surface area contributed by atoms with E-state index >= 15 is 0 Å². The van der Waals surface area contributed by atoms with Crippen LogP contribution in [0.25, 0.3) is 11.5 Å². The number of aromatic nitrogens is 2. The van der Waals surface area contributed by atoms with E-state index in [4.69, 9.17) is 25.5 Å². The summed E-state index contributed by atoms with van der Waals surface area (Å²) in [6.07, 6.45) is 0.401. The third kappa shape index (κ3) is 4.98. The molecule has 0 fully saturated rings. The summed E-state index contributed by atoms with van der Waals surface area (Å²) in [4.78, 5) is 11.9. The summed E-state index contributed by atoms with van der Waals surface area (Å²) in [7, 11) is 1.55. The maximum absolute atomic E-state index is 11.9. The normalized spacial score (nSPS) is 10.4. The molecule has 0 aliphatic rings. The van der Waals surface area contributed by atoms with Gasteiger partial charge >= 0.3 is 0 Å². The third-order valence-corrected chi connectivity index (χ3v) is 3.99. The van der Waals surface area contributed by atoms with Gasteiger partial charge in [0.15, 0.2) is 18.1 Å². The zero-order chi connectivity index (χ0) is 19.1. The van der Waals surface area contributed by atoms with Gasteiger partial charge in [-0.3, -0.25) is 4.79 Å². The molecule has 27 heavy (non-hydrogen) atoms. The lowest BCUT2D eigenvalue weighted by Crippen LogP contribution is -2.30.